The van der Waals surface area contributed by atoms with Crippen LogP contribution in [0, 0.1) is 5.41 Å². The number of carbonyl (C=O) groups is 3. The Morgan fingerprint density at radius 3 is 2.31 bits per heavy atom. The van der Waals surface area contributed by atoms with E-state index in [0.717, 1.165) is 41.8 Å². The summed E-state index contributed by atoms with van der Waals surface area (Å²) in [6.07, 6.45) is 11.7. The van der Waals surface area contributed by atoms with Crippen LogP contribution in [0.2, 0.25) is 0 Å². The first kappa shape index (κ1) is 56.4. The molecule has 0 radical (unpaired) electrons. The number of phosphoric ester groups is 3. The summed E-state index contributed by atoms with van der Waals surface area (Å²) in [7, 11) is -17.6. The lowest BCUT2D eigenvalue weighted by Gasteiger charge is -2.36. The maximum absolute atomic E-state index is 12.6. The Kier molecular flexibility index (Phi) is 23.5. The van der Waals surface area contributed by atoms with Gasteiger partial charge in [-0.05, 0) is 18.9 Å². The number of nitrogens with one attached hydrogen (secondary N) is 2. The van der Waals surface area contributed by atoms with Gasteiger partial charge in [-0.2, -0.15) is 0 Å². The highest BCUT2D eigenvalue weighted by atomic mass is 32.2. The van der Waals surface area contributed by atoms with Gasteiger partial charge in [0.25, 0.3) is 15.6 Å². The number of aliphatic hydroxyl groups is 2. The number of ether oxygens (including phenoxy) is 1. The van der Waals surface area contributed by atoms with E-state index in [1.54, 1.807) is 6.08 Å². The highest BCUT2D eigenvalue weighted by molar-refractivity contribution is 8.14. The van der Waals surface area contributed by atoms with Gasteiger partial charge in [-0.15, -0.1) is 0 Å². The number of amides is 2. The SMILES string of the molecule is CCCCCCCCCCC/C=C\C=C\C(=O)SCCNC(=O)CCNC(=O)[C@H](O)C(C)(C)COP(=O)([O-])OP(=O)([O-])OC[C@H]1O[C@@H](n2cnc3c(N)ncnc32)[C@H](O)[C@@H]1OP(=O)([O-])[O-]. The number of nitrogen functional groups attached to an aromatic ring is 1. The fourth-order valence-corrected chi connectivity index (χ4v) is 9.50. The van der Waals surface area contributed by atoms with Gasteiger partial charge in [0.1, 0.15) is 36.3 Å². The smallest absolute Gasteiger partial charge is 0.274 e. The zero-order valence-electron chi connectivity index (χ0n) is 36.3. The molecule has 3 heterocycles. The maximum atomic E-state index is 12.6. The summed E-state index contributed by atoms with van der Waals surface area (Å²) in [4.78, 5) is 96.6. The molecule has 0 saturated carbocycles. The second-order valence-corrected chi connectivity index (χ2v) is 20.7. The quantitative estimate of drug-likeness (QED) is 0.0306. The van der Waals surface area contributed by atoms with Crippen molar-refractivity contribution in [2.24, 2.45) is 5.41 Å². The van der Waals surface area contributed by atoms with Crippen molar-refractivity contribution in [2.45, 2.75) is 122 Å². The number of hydrogen-bond acceptors (Lipinski definition) is 22. The number of nitrogens with two attached hydrogens (primary N) is 1. The van der Waals surface area contributed by atoms with E-state index < -0.39 is 84.6 Å². The number of allylic oxidation sites excluding steroid dienone is 3. The van der Waals surface area contributed by atoms with Crippen LogP contribution < -0.4 is 35.9 Å². The number of imidazole rings is 1. The molecule has 2 unspecified atom stereocenters. The third kappa shape index (κ3) is 20.4. The van der Waals surface area contributed by atoms with Crippen LogP contribution in [0.4, 0.5) is 5.82 Å². The molecule has 65 heavy (non-hydrogen) atoms. The Morgan fingerprint density at radius 1 is 0.969 bits per heavy atom. The van der Waals surface area contributed by atoms with Crippen LogP contribution >= 0.6 is 35.2 Å². The summed E-state index contributed by atoms with van der Waals surface area (Å²) in [5.74, 6) is -1.25. The molecule has 0 spiro atoms. The van der Waals surface area contributed by atoms with Gasteiger partial charge < -0.3 is 69.0 Å². The minimum atomic E-state index is -5.92. The number of fused-ring (bicyclic) bond motifs is 1. The molecule has 2 aromatic rings. The molecule has 28 heteroatoms. The summed E-state index contributed by atoms with van der Waals surface area (Å²) in [5, 5.41) is 26.2. The van der Waals surface area contributed by atoms with Gasteiger partial charge in [0.2, 0.25) is 16.9 Å². The second kappa shape index (κ2) is 27.1. The highest BCUT2D eigenvalue weighted by Crippen LogP contribution is 2.56. The number of hydrogen-bond donors (Lipinski definition) is 5. The first-order valence-corrected chi connectivity index (χ1v) is 26.2. The Balaban J connectivity index is 1.35. The van der Waals surface area contributed by atoms with Gasteiger partial charge in [0.15, 0.2) is 17.7 Å². The summed E-state index contributed by atoms with van der Waals surface area (Å²) in [6, 6.07) is 0. The van der Waals surface area contributed by atoms with Gasteiger partial charge >= 0.3 is 0 Å². The van der Waals surface area contributed by atoms with Crippen molar-refractivity contribution in [1.82, 2.24) is 30.2 Å². The fraction of sp³-hybridized carbons (Fsp3) is 0.676. The molecule has 1 aliphatic heterocycles. The first-order chi connectivity index (χ1) is 30.6. The molecule has 0 bridgehead atoms. The third-order valence-corrected chi connectivity index (χ3v) is 13.5. The third-order valence-electron chi connectivity index (χ3n) is 9.68. The van der Waals surface area contributed by atoms with Crippen LogP contribution in [0.3, 0.4) is 0 Å². The number of unbranched alkanes of at least 4 members (excludes halogenated alkanes) is 9. The predicted octanol–water partition coefficient (Wildman–Crippen LogP) is 1.17. The summed E-state index contributed by atoms with van der Waals surface area (Å²) >= 11 is 1.02. The minimum Gasteiger partial charge on any atom is -0.790 e. The van der Waals surface area contributed by atoms with E-state index in [4.69, 9.17) is 10.5 Å². The largest absolute Gasteiger partial charge is 0.790 e. The molecule has 0 aliphatic carbocycles. The average molecular weight is 998 g/mol. The van der Waals surface area contributed by atoms with Crippen molar-refractivity contribution < 1.29 is 80.5 Å². The predicted molar refractivity (Wildman–Crippen MR) is 228 cm³/mol. The Bertz CT molecular complexity index is 2050. The lowest BCUT2D eigenvalue weighted by Crippen LogP contribution is -2.46. The number of nitrogens with zero attached hydrogens (tertiary/aromatic N) is 4. The van der Waals surface area contributed by atoms with E-state index >= 15 is 0 Å². The first-order valence-electron chi connectivity index (χ1n) is 20.9. The molecular weight excluding hydrogens is 939 g/mol. The Morgan fingerprint density at radius 2 is 1.63 bits per heavy atom. The van der Waals surface area contributed by atoms with Gasteiger partial charge in [-0.1, -0.05) is 102 Å². The van der Waals surface area contributed by atoms with Crippen LogP contribution in [0.15, 0.2) is 37.0 Å². The van der Waals surface area contributed by atoms with E-state index in [1.807, 2.05) is 12.2 Å². The Labute approximate surface area is 381 Å². The Hall–Kier alpha value is -2.96. The number of phosphoric acid groups is 3. The van der Waals surface area contributed by atoms with E-state index in [2.05, 4.69) is 50.4 Å². The number of aromatic nitrogens is 4. The van der Waals surface area contributed by atoms with Crippen LogP contribution in [0.5, 0.6) is 0 Å². The molecule has 2 amide bonds. The second-order valence-electron chi connectivity index (χ2n) is 15.6. The lowest BCUT2D eigenvalue weighted by atomic mass is 9.87. The highest BCUT2D eigenvalue weighted by Gasteiger charge is 2.47. The van der Waals surface area contributed by atoms with Crippen molar-refractivity contribution >= 4 is 69.1 Å². The van der Waals surface area contributed by atoms with Gasteiger partial charge in [-0.3, -0.25) is 28.1 Å². The van der Waals surface area contributed by atoms with Gasteiger partial charge in [-0.25, -0.2) is 19.3 Å². The number of thioether (sulfide) groups is 1. The summed E-state index contributed by atoms with van der Waals surface area (Å²) in [6.45, 7) is 2.29. The molecule has 1 aliphatic rings. The molecule has 0 aromatic carbocycles. The molecule has 368 valence electrons. The van der Waals surface area contributed by atoms with Crippen LogP contribution in [-0.4, -0.2) is 103 Å². The molecule has 24 nitrogen and oxygen atoms in total. The van der Waals surface area contributed by atoms with Gasteiger partial charge in [0.05, 0.1) is 27.4 Å². The molecule has 3 rings (SSSR count). The number of anilines is 1. The number of rotatable bonds is 31. The zero-order chi connectivity index (χ0) is 48.3. The fourth-order valence-electron chi connectivity index (χ4n) is 6.19. The summed E-state index contributed by atoms with van der Waals surface area (Å²) in [5.41, 5.74) is 4.08. The van der Waals surface area contributed by atoms with Crippen LogP contribution in [-0.2, 0) is 50.7 Å². The molecular formula is C37H58N7O17P3S-4. The van der Waals surface area contributed by atoms with Crippen molar-refractivity contribution in [2.75, 3.05) is 37.8 Å². The van der Waals surface area contributed by atoms with E-state index in [9.17, 15) is 57.9 Å². The molecule has 2 aromatic heterocycles. The van der Waals surface area contributed by atoms with Crippen molar-refractivity contribution in [3.8, 4) is 0 Å². The van der Waals surface area contributed by atoms with Crippen molar-refractivity contribution in [3.63, 3.8) is 0 Å². The molecule has 6 N–H and O–H groups in total. The number of carbonyl (C=O) groups excluding carboxylic acids is 3. The molecule has 1 saturated heterocycles. The van der Waals surface area contributed by atoms with Gasteiger partial charge in [0, 0.05) is 30.7 Å². The monoisotopic (exact) mass is 997 g/mol. The normalized spacial score (nSPS) is 20.6. The topological polar surface area (TPSA) is 375 Å². The molecule has 1 fully saturated rings. The standard InChI is InChI=1S/C37H62N7O17P3S/c1-4-5-6-7-8-9-10-11-12-13-14-15-16-17-28(46)65-21-20-39-27(45)18-19-40-35(49)32(48)37(2,3)23-58-64(55,56)61-63(53,54)57-22-26-31(60-62(50,51)52)30(47)36(59-26)44-25-43-29-33(38)41-24-42-34(29)44/h14-17,24-26,30-32,36,47-48H,4-13,18-23H2,1-3H3,(H,39,45)(H,40,49)(H,53,54)(H,55,56)(H2,38,41,42)(H2,50,51,52)/p-4/b15-14-,17-16+/t26-,30-,31-,32+,36-/m1/s1. The van der Waals surface area contributed by atoms with Crippen LogP contribution in [0.1, 0.15) is 97.6 Å². The minimum absolute atomic E-state index is 0.0210. The summed E-state index contributed by atoms with van der Waals surface area (Å²) < 4.78 is 60.7. The number of aliphatic hydroxyl groups excluding tert-OH is 2. The van der Waals surface area contributed by atoms with E-state index in [-0.39, 0.29) is 41.6 Å². The van der Waals surface area contributed by atoms with Crippen LogP contribution in [0.25, 0.3) is 11.2 Å². The van der Waals surface area contributed by atoms with Crippen molar-refractivity contribution in [3.05, 3.63) is 37.0 Å². The zero-order valence-corrected chi connectivity index (χ0v) is 39.8. The lowest BCUT2D eigenvalue weighted by molar-refractivity contribution is -0.347. The van der Waals surface area contributed by atoms with E-state index in [1.165, 1.54) is 71.3 Å². The van der Waals surface area contributed by atoms with E-state index in [0.29, 0.717) is 5.75 Å². The molecule has 7 atom stereocenters. The maximum Gasteiger partial charge on any atom is 0.274 e. The van der Waals surface area contributed by atoms with Crippen molar-refractivity contribution in [1.29, 1.82) is 0 Å². The average Bonchev–Trinajstić information content (AvgIpc) is 3.79.